The van der Waals surface area contributed by atoms with Crippen LogP contribution in [0.15, 0.2) is 60.7 Å². The third-order valence-corrected chi connectivity index (χ3v) is 8.18. The van der Waals surface area contributed by atoms with Gasteiger partial charge in [-0.25, -0.2) is 0 Å². The van der Waals surface area contributed by atoms with E-state index in [1.54, 1.807) is 0 Å². The maximum absolute atomic E-state index is 13.2. The van der Waals surface area contributed by atoms with Crippen LogP contribution < -0.4 is 5.32 Å². The first kappa shape index (κ1) is 18.9. The lowest BCUT2D eigenvalue weighted by atomic mass is 9.48. The van der Waals surface area contributed by atoms with Gasteiger partial charge in [0.15, 0.2) is 0 Å². The zero-order chi connectivity index (χ0) is 19.8. The molecule has 0 spiro atoms. The molecule has 0 radical (unpaired) electrons. The molecule has 1 amide bonds. The van der Waals surface area contributed by atoms with Crippen molar-refractivity contribution in [1.29, 1.82) is 0 Å². The van der Waals surface area contributed by atoms with E-state index in [2.05, 4.69) is 60.8 Å². The Morgan fingerprint density at radius 2 is 1.31 bits per heavy atom. The summed E-state index contributed by atoms with van der Waals surface area (Å²) in [7, 11) is 0. The molecule has 4 aliphatic rings. The molecule has 2 aromatic rings. The van der Waals surface area contributed by atoms with E-state index in [1.165, 1.54) is 49.7 Å². The minimum Gasteiger partial charge on any atom is -0.353 e. The van der Waals surface area contributed by atoms with E-state index in [0.29, 0.717) is 11.8 Å². The number of hydrogen-bond acceptors (Lipinski definition) is 1. The monoisotopic (exact) mass is 387 g/mol. The number of hydrogen-bond donors (Lipinski definition) is 1. The van der Waals surface area contributed by atoms with E-state index in [1.807, 2.05) is 12.1 Å². The lowest BCUT2D eigenvalue weighted by Crippen LogP contribution is -2.55. The number of rotatable bonds is 6. The number of nitrogens with one attached hydrogen (secondary N) is 1. The zero-order valence-corrected chi connectivity index (χ0v) is 17.5. The van der Waals surface area contributed by atoms with Crippen molar-refractivity contribution in [2.75, 3.05) is 0 Å². The van der Waals surface area contributed by atoms with Crippen LogP contribution in [0.1, 0.15) is 68.9 Å². The molecule has 1 atom stereocenters. The maximum atomic E-state index is 13.2. The molecule has 0 heterocycles. The summed E-state index contributed by atoms with van der Waals surface area (Å²) in [4.78, 5) is 13.2. The van der Waals surface area contributed by atoms with E-state index in [4.69, 9.17) is 0 Å². The third kappa shape index (κ3) is 3.74. The van der Waals surface area contributed by atoms with E-state index < -0.39 is 0 Å². The molecule has 4 saturated carbocycles. The molecule has 0 aromatic heterocycles. The first-order chi connectivity index (χ1) is 14.1. The fourth-order valence-electron chi connectivity index (χ4n) is 7.15. The number of carbonyl (C=O) groups is 1. The van der Waals surface area contributed by atoms with Crippen LogP contribution in [0.25, 0.3) is 0 Å². The van der Waals surface area contributed by atoms with Crippen molar-refractivity contribution in [3.8, 4) is 0 Å². The second-order valence-corrected chi connectivity index (χ2v) is 10.1. The smallest absolute Gasteiger partial charge is 0.221 e. The van der Waals surface area contributed by atoms with Crippen LogP contribution in [-0.4, -0.2) is 11.9 Å². The average Bonchev–Trinajstić information content (AvgIpc) is 2.72. The van der Waals surface area contributed by atoms with Gasteiger partial charge in [-0.1, -0.05) is 60.7 Å². The van der Waals surface area contributed by atoms with Crippen molar-refractivity contribution in [2.45, 2.75) is 63.8 Å². The molecule has 2 heteroatoms. The molecule has 0 unspecified atom stereocenters. The van der Waals surface area contributed by atoms with Crippen LogP contribution in [0.5, 0.6) is 0 Å². The highest BCUT2D eigenvalue weighted by Crippen LogP contribution is 2.61. The van der Waals surface area contributed by atoms with E-state index >= 15 is 0 Å². The van der Waals surface area contributed by atoms with Gasteiger partial charge in [0, 0.05) is 18.4 Å². The predicted molar refractivity (Wildman–Crippen MR) is 118 cm³/mol. The van der Waals surface area contributed by atoms with Gasteiger partial charge in [-0.3, -0.25) is 4.79 Å². The maximum Gasteiger partial charge on any atom is 0.221 e. The summed E-state index contributed by atoms with van der Waals surface area (Å²) >= 11 is 0. The Morgan fingerprint density at radius 3 is 1.76 bits per heavy atom. The molecule has 0 aliphatic heterocycles. The Balaban J connectivity index is 1.31. The zero-order valence-electron chi connectivity index (χ0n) is 17.5. The first-order valence-electron chi connectivity index (χ1n) is 11.5. The SMILES string of the molecule is C[C@@H](NC(=O)CC(c1ccccc1)c1ccccc1)C12CC3CC(CC(C3)C1)C2. The third-order valence-electron chi connectivity index (χ3n) is 8.18. The van der Waals surface area contributed by atoms with Gasteiger partial charge < -0.3 is 5.32 Å². The fraction of sp³-hybridized carbons (Fsp3) is 0.519. The van der Waals surface area contributed by atoms with E-state index in [9.17, 15) is 4.79 Å². The molecule has 1 N–H and O–H groups in total. The second kappa shape index (κ2) is 7.63. The fourth-order valence-corrected chi connectivity index (χ4v) is 7.15. The van der Waals surface area contributed by atoms with Crippen LogP contribution in [0.2, 0.25) is 0 Å². The Labute approximate surface area is 175 Å². The molecule has 4 fully saturated rings. The van der Waals surface area contributed by atoms with Gasteiger partial charge >= 0.3 is 0 Å². The second-order valence-electron chi connectivity index (χ2n) is 10.1. The molecule has 4 bridgehead atoms. The van der Waals surface area contributed by atoms with Crippen molar-refractivity contribution in [2.24, 2.45) is 23.2 Å². The normalized spacial score (nSPS) is 31.0. The molecular formula is C27H33NO. The molecule has 6 rings (SSSR count). The molecular weight excluding hydrogens is 354 g/mol. The minimum absolute atomic E-state index is 0.112. The molecule has 2 nitrogen and oxygen atoms in total. The molecule has 152 valence electrons. The Hall–Kier alpha value is -2.09. The lowest BCUT2D eigenvalue weighted by Gasteiger charge is -2.59. The van der Waals surface area contributed by atoms with Gasteiger partial charge in [0.1, 0.15) is 0 Å². The molecule has 0 saturated heterocycles. The van der Waals surface area contributed by atoms with E-state index in [0.717, 1.165) is 17.8 Å². The topological polar surface area (TPSA) is 29.1 Å². The number of carbonyl (C=O) groups excluding carboxylic acids is 1. The minimum atomic E-state index is 0.112. The average molecular weight is 388 g/mol. The highest BCUT2D eigenvalue weighted by molar-refractivity contribution is 5.78. The molecule has 29 heavy (non-hydrogen) atoms. The highest BCUT2D eigenvalue weighted by Gasteiger charge is 2.53. The van der Waals surface area contributed by atoms with Crippen LogP contribution in [0.3, 0.4) is 0 Å². The van der Waals surface area contributed by atoms with Crippen molar-refractivity contribution in [3.63, 3.8) is 0 Å². The van der Waals surface area contributed by atoms with Gasteiger partial charge in [-0.15, -0.1) is 0 Å². The number of benzene rings is 2. The van der Waals surface area contributed by atoms with Crippen molar-refractivity contribution in [3.05, 3.63) is 71.8 Å². The van der Waals surface area contributed by atoms with Crippen molar-refractivity contribution < 1.29 is 4.79 Å². The van der Waals surface area contributed by atoms with Crippen LogP contribution in [0, 0.1) is 23.2 Å². The first-order valence-corrected chi connectivity index (χ1v) is 11.5. The van der Waals surface area contributed by atoms with Crippen molar-refractivity contribution in [1.82, 2.24) is 5.32 Å². The molecule has 2 aromatic carbocycles. The quantitative estimate of drug-likeness (QED) is 0.654. The van der Waals surface area contributed by atoms with Crippen LogP contribution in [0.4, 0.5) is 0 Å². The van der Waals surface area contributed by atoms with Crippen molar-refractivity contribution >= 4 is 5.91 Å². The largest absolute Gasteiger partial charge is 0.353 e. The summed E-state index contributed by atoms with van der Waals surface area (Å²) in [5, 5.41) is 3.47. The van der Waals surface area contributed by atoms with Gasteiger partial charge in [-0.2, -0.15) is 0 Å². The van der Waals surface area contributed by atoms with Gasteiger partial charge in [0.2, 0.25) is 5.91 Å². The van der Waals surface area contributed by atoms with Crippen LogP contribution in [-0.2, 0) is 4.79 Å². The Kier molecular flexibility index (Phi) is 4.97. The summed E-state index contributed by atoms with van der Waals surface area (Å²) < 4.78 is 0. The summed E-state index contributed by atoms with van der Waals surface area (Å²) in [6.07, 6.45) is 8.87. The van der Waals surface area contributed by atoms with Gasteiger partial charge in [0.25, 0.3) is 0 Å². The number of amides is 1. The summed E-state index contributed by atoms with van der Waals surface area (Å²) in [6, 6.07) is 21.2. The Morgan fingerprint density at radius 1 is 0.862 bits per heavy atom. The van der Waals surface area contributed by atoms with Gasteiger partial charge in [0.05, 0.1) is 0 Å². The van der Waals surface area contributed by atoms with E-state index in [-0.39, 0.29) is 17.9 Å². The lowest BCUT2D eigenvalue weighted by molar-refractivity contribution is -0.126. The standard InChI is InChI=1S/C27H33NO/c1-19(27-16-20-12-21(17-27)14-22(13-20)18-27)28-26(29)15-25(23-8-4-2-5-9-23)24-10-6-3-7-11-24/h2-11,19-22,25H,12-18H2,1H3,(H,28,29)/t19-,20?,21?,22?,27?/m1/s1. The Bertz CT molecular complexity index is 769. The van der Waals surface area contributed by atoms with Gasteiger partial charge in [-0.05, 0) is 79.7 Å². The predicted octanol–water partition coefficient (Wildman–Crippen LogP) is 5.93. The van der Waals surface area contributed by atoms with Crippen LogP contribution >= 0.6 is 0 Å². The summed E-state index contributed by atoms with van der Waals surface area (Å²) in [5.74, 6) is 3.07. The summed E-state index contributed by atoms with van der Waals surface area (Å²) in [5.41, 5.74) is 2.80. The molecule has 4 aliphatic carbocycles. The highest BCUT2D eigenvalue weighted by atomic mass is 16.1. The summed E-state index contributed by atoms with van der Waals surface area (Å²) in [6.45, 7) is 2.28.